The molecule has 1 saturated heterocycles. The van der Waals surface area contributed by atoms with E-state index >= 15 is 0 Å². The van der Waals surface area contributed by atoms with E-state index in [1.807, 2.05) is 13.8 Å². The molecule has 1 N–H and O–H groups in total. The molecule has 1 rings (SSSR count). The quantitative estimate of drug-likeness (QED) is 0.367. The van der Waals surface area contributed by atoms with Gasteiger partial charge in [0.05, 0.1) is 39.5 Å². The molecule has 18 heavy (non-hydrogen) atoms. The van der Waals surface area contributed by atoms with Gasteiger partial charge in [-0.3, -0.25) is 0 Å². The van der Waals surface area contributed by atoms with Gasteiger partial charge in [0.15, 0.2) is 0 Å². The zero-order chi connectivity index (χ0) is 13.6. The molecule has 1 heterocycles. The van der Waals surface area contributed by atoms with Crippen LogP contribution in [-0.4, -0.2) is 68.3 Å². The fraction of sp³-hybridized carbons (Fsp3) is 1.00. The number of hydrogen-bond donors (Lipinski definition) is 1. The van der Waals surface area contributed by atoms with Gasteiger partial charge in [-0.15, -0.1) is 0 Å². The molecule has 0 amide bonds. The van der Waals surface area contributed by atoms with Gasteiger partial charge in [0.25, 0.3) is 0 Å². The van der Waals surface area contributed by atoms with E-state index in [1.54, 1.807) is 0 Å². The smallest absolute Gasteiger partial charge is 0.130 e. The summed E-state index contributed by atoms with van der Waals surface area (Å²) < 4.78 is 11.9. The Balaban J connectivity index is 1.97. The summed E-state index contributed by atoms with van der Waals surface area (Å²) in [6, 6.07) is 0. The Morgan fingerprint density at radius 1 is 1.39 bits per heavy atom. The largest absolute Gasteiger partial charge is 0.390 e. The summed E-state index contributed by atoms with van der Waals surface area (Å²) in [6.45, 7) is 8.46. The molecular weight excluding hydrogens is 230 g/mol. The summed E-state index contributed by atoms with van der Waals surface area (Å²) in [5.74, 6) is 0. The maximum Gasteiger partial charge on any atom is 0.130 e. The predicted molar refractivity (Wildman–Crippen MR) is 72.6 cm³/mol. The van der Waals surface area contributed by atoms with E-state index < -0.39 is 5.60 Å². The van der Waals surface area contributed by atoms with E-state index in [9.17, 15) is 5.11 Å². The molecule has 0 bridgehead atoms. The average Bonchev–Trinajstić information content (AvgIpc) is 3.06. The van der Waals surface area contributed by atoms with Crippen LogP contribution in [0.3, 0.4) is 0 Å². The lowest BCUT2D eigenvalue weighted by molar-refractivity contribution is -0.891. The Labute approximate surface area is 111 Å². The van der Waals surface area contributed by atoms with Crippen molar-refractivity contribution in [3.63, 3.8) is 0 Å². The van der Waals surface area contributed by atoms with E-state index in [2.05, 4.69) is 14.1 Å². The van der Waals surface area contributed by atoms with Gasteiger partial charge in [-0.05, 0) is 19.8 Å². The standard InChI is InChI=1S/C14H30NO3/c1-5-14(2,16)7-10-17-9-6-8-15(3,4)11-13-12-18-13/h13,16H,5-12H2,1-4H3/q+1. The van der Waals surface area contributed by atoms with Crippen LogP contribution in [0, 0.1) is 0 Å². The maximum absolute atomic E-state index is 9.82. The van der Waals surface area contributed by atoms with Crippen molar-refractivity contribution in [1.29, 1.82) is 0 Å². The monoisotopic (exact) mass is 260 g/mol. The van der Waals surface area contributed by atoms with E-state index in [-0.39, 0.29) is 0 Å². The number of likely N-dealkylation sites (N-methyl/N-ethyl adjacent to an activating group) is 1. The minimum absolute atomic E-state index is 0.487. The minimum atomic E-state index is -0.571. The first-order valence-electron chi connectivity index (χ1n) is 7.08. The predicted octanol–water partition coefficient (Wildman–Crippen LogP) is 1.42. The topological polar surface area (TPSA) is 42.0 Å². The Hall–Kier alpha value is -0.160. The fourth-order valence-corrected chi connectivity index (χ4v) is 1.98. The summed E-state index contributed by atoms with van der Waals surface area (Å²) in [4.78, 5) is 0. The average molecular weight is 260 g/mol. The van der Waals surface area contributed by atoms with Gasteiger partial charge >= 0.3 is 0 Å². The lowest BCUT2D eigenvalue weighted by Gasteiger charge is -2.29. The van der Waals surface area contributed by atoms with Gasteiger partial charge in [-0.1, -0.05) is 6.92 Å². The zero-order valence-electron chi connectivity index (χ0n) is 12.4. The number of nitrogens with zero attached hydrogens (tertiary/aromatic N) is 1. The first-order chi connectivity index (χ1) is 8.35. The molecule has 108 valence electrons. The first kappa shape index (κ1) is 15.9. The van der Waals surface area contributed by atoms with Crippen LogP contribution < -0.4 is 0 Å². The molecule has 2 unspecified atom stereocenters. The van der Waals surface area contributed by atoms with Crippen molar-refractivity contribution >= 4 is 0 Å². The van der Waals surface area contributed by atoms with Crippen molar-refractivity contribution in [2.24, 2.45) is 0 Å². The van der Waals surface area contributed by atoms with E-state index in [0.29, 0.717) is 12.7 Å². The highest BCUT2D eigenvalue weighted by Gasteiger charge is 2.31. The van der Waals surface area contributed by atoms with Crippen LogP contribution >= 0.6 is 0 Å². The third-order valence-corrected chi connectivity index (χ3v) is 3.70. The molecule has 2 atom stereocenters. The Morgan fingerprint density at radius 3 is 2.61 bits per heavy atom. The highest BCUT2D eigenvalue weighted by molar-refractivity contribution is 4.69. The van der Waals surface area contributed by atoms with Crippen LogP contribution in [0.4, 0.5) is 0 Å². The normalized spacial score (nSPS) is 22.8. The lowest BCUT2D eigenvalue weighted by atomic mass is 10.0. The van der Waals surface area contributed by atoms with Gasteiger partial charge in [0, 0.05) is 13.0 Å². The number of aliphatic hydroxyl groups is 1. The molecule has 1 aliphatic rings. The van der Waals surface area contributed by atoms with E-state index in [1.165, 1.54) is 0 Å². The van der Waals surface area contributed by atoms with Crippen LogP contribution in [0.2, 0.25) is 0 Å². The van der Waals surface area contributed by atoms with Crippen LogP contribution in [0.25, 0.3) is 0 Å². The molecule has 0 aromatic heterocycles. The second kappa shape index (κ2) is 6.85. The van der Waals surface area contributed by atoms with Crippen molar-refractivity contribution in [2.75, 3.05) is 47.0 Å². The number of rotatable bonds is 10. The maximum atomic E-state index is 9.82. The molecule has 0 aliphatic carbocycles. The molecule has 1 fully saturated rings. The fourth-order valence-electron chi connectivity index (χ4n) is 1.98. The van der Waals surface area contributed by atoms with Crippen molar-refractivity contribution in [3.05, 3.63) is 0 Å². The van der Waals surface area contributed by atoms with Gasteiger partial charge in [-0.2, -0.15) is 0 Å². The first-order valence-corrected chi connectivity index (χ1v) is 7.08. The van der Waals surface area contributed by atoms with Crippen LogP contribution in [0.5, 0.6) is 0 Å². The summed E-state index contributed by atoms with van der Waals surface area (Å²) in [5, 5.41) is 9.82. The second-order valence-electron chi connectivity index (χ2n) is 6.36. The Kier molecular flexibility index (Phi) is 6.05. The zero-order valence-corrected chi connectivity index (χ0v) is 12.4. The highest BCUT2D eigenvalue weighted by atomic mass is 16.6. The van der Waals surface area contributed by atoms with Crippen LogP contribution in [-0.2, 0) is 9.47 Å². The molecule has 4 heteroatoms. The van der Waals surface area contributed by atoms with Gasteiger partial charge < -0.3 is 19.1 Å². The number of epoxide rings is 1. The third-order valence-electron chi connectivity index (χ3n) is 3.70. The molecule has 0 aromatic rings. The van der Waals surface area contributed by atoms with Gasteiger partial charge in [0.2, 0.25) is 0 Å². The summed E-state index contributed by atoms with van der Waals surface area (Å²) in [6.07, 6.45) is 3.05. The molecule has 0 saturated carbocycles. The number of hydrogen-bond acceptors (Lipinski definition) is 3. The molecule has 0 aromatic carbocycles. The molecular formula is C14H30NO3+. The van der Waals surface area contributed by atoms with E-state index in [0.717, 1.165) is 50.0 Å². The summed E-state index contributed by atoms with van der Waals surface area (Å²) in [5.41, 5.74) is -0.571. The number of ether oxygens (including phenoxy) is 2. The van der Waals surface area contributed by atoms with Crippen molar-refractivity contribution in [3.8, 4) is 0 Å². The van der Waals surface area contributed by atoms with Crippen molar-refractivity contribution in [1.82, 2.24) is 0 Å². The summed E-state index contributed by atoms with van der Waals surface area (Å²) in [7, 11) is 4.48. The Bertz CT molecular complexity index is 237. The molecule has 0 spiro atoms. The Morgan fingerprint density at radius 2 is 2.06 bits per heavy atom. The van der Waals surface area contributed by atoms with Crippen LogP contribution in [0.1, 0.15) is 33.1 Å². The summed E-state index contributed by atoms with van der Waals surface area (Å²) >= 11 is 0. The van der Waals surface area contributed by atoms with E-state index in [4.69, 9.17) is 9.47 Å². The lowest BCUT2D eigenvalue weighted by Crippen LogP contribution is -2.43. The van der Waals surface area contributed by atoms with Crippen LogP contribution in [0.15, 0.2) is 0 Å². The van der Waals surface area contributed by atoms with Crippen molar-refractivity contribution < 1.29 is 19.1 Å². The highest BCUT2D eigenvalue weighted by Crippen LogP contribution is 2.15. The molecule has 4 nitrogen and oxygen atoms in total. The minimum Gasteiger partial charge on any atom is -0.390 e. The van der Waals surface area contributed by atoms with Gasteiger partial charge in [-0.25, -0.2) is 0 Å². The third kappa shape index (κ3) is 7.31. The van der Waals surface area contributed by atoms with Crippen molar-refractivity contribution in [2.45, 2.75) is 44.8 Å². The van der Waals surface area contributed by atoms with Gasteiger partial charge in [0.1, 0.15) is 12.6 Å². The molecule has 1 aliphatic heterocycles. The SMILES string of the molecule is CCC(C)(O)CCOCCC[N+](C)(C)CC1CO1. The molecule has 0 radical (unpaired) electrons. The number of quaternary nitrogens is 1. The second-order valence-corrected chi connectivity index (χ2v) is 6.36.